The summed E-state index contributed by atoms with van der Waals surface area (Å²) in [5, 5.41) is 2.64. The minimum Gasteiger partial charge on any atom is -0.231 e. The molecule has 2 nitrogen and oxygen atoms in total. The largest absolute Gasteiger partial charge is 0.231 e. The Labute approximate surface area is 62.2 Å². The van der Waals surface area contributed by atoms with Gasteiger partial charge in [-0.2, -0.15) is 0 Å². The van der Waals surface area contributed by atoms with E-state index in [2.05, 4.69) is 9.98 Å². The first-order valence-corrected chi connectivity index (χ1v) is 3.83. The molecular formula is C5H5ClN2S. The number of halogens is 1. The number of alkyl halides is 1. The van der Waals surface area contributed by atoms with Gasteiger partial charge in [0, 0.05) is 17.8 Å². The van der Waals surface area contributed by atoms with E-state index in [1.807, 2.05) is 5.38 Å². The zero-order valence-corrected chi connectivity index (χ0v) is 6.19. The van der Waals surface area contributed by atoms with E-state index in [4.69, 9.17) is 11.6 Å². The highest BCUT2D eigenvalue weighted by atomic mass is 35.5. The van der Waals surface area contributed by atoms with E-state index in [9.17, 15) is 0 Å². The van der Waals surface area contributed by atoms with Crippen LogP contribution in [0, 0.1) is 0 Å². The summed E-state index contributed by atoms with van der Waals surface area (Å²) in [6.45, 7) is 0. The van der Waals surface area contributed by atoms with Crippen LogP contribution in [-0.2, 0) is 0 Å². The summed E-state index contributed by atoms with van der Waals surface area (Å²) in [6, 6.07) is 0. The highest BCUT2D eigenvalue weighted by Crippen LogP contribution is 2.13. The lowest BCUT2D eigenvalue weighted by atomic mass is 10.9. The third-order valence-corrected chi connectivity index (χ3v) is 1.51. The third kappa shape index (κ3) is 2.11. The van der Waals surface area contributed by atoms with Gasteiger partial charge in [-0.15, -0.1) is 22.9 Å². The minimum atomic E-state index is 0.444. The second-order valence-corrected chi connectivity index (χ2v) is 2.46. The van der Waals surface area contributed by atoms with Crippen molar-refractivity contribution in [3.63, 3.8) is 0 Å². The Morgan fingerprint density at radius 2 is 2.78 bits per heavy atom. The number of nitrogens with zero attached hydrogens (tertiary/aromatic N) is 2. The molecule has 4 heteroatoms. The molecule has 0 aromatic carbocycles. The predicted molar refractivity (Wildman–Crippen MR) is 41.0 cm³/mol. The Balaban J connectivity index is 2.57. The molecule has 48 valence electrons. The van der Waals surface area contributed by atoms with Gasteiger partial charge in [0.25, 0.3) is 0 Å². The van der Waals surface area contributed by atoms with Gasteiger partial charge in [0.05, 0.1) is 5.88 Å². The van der Waals surface area contributed by atoms with E-state index in [1.165, 1.54) is 11.3 Å². The molecule has 0 amide bonds. The summed E-state index contributed by atoms with van der Waals surface area (Å²) in [7, 11) is 0. The van der Waals surface area contributed by atoms with Crippen molar-refractivity contribution in [1.82, 2.24) is 4.98 Å². The molecule has 0 saturated carbocycles. The Hall–Kier alpha value is -0.410. The van der Waals surface area contributed by atoms with E-state index >= 15 is 0 Å². The maximum Gasteiger partial charge on any atom is 0.208 e. The highest BCUT2D eigenvalue weighted by Gasteiger charge is 1.84. The normalized spacial score (nSPS) is 10.8. The van der Waals surface area contributed by atoms with Gasteiger partial charge in [-0.05, 0) is 0 Å². The molecule has 0 saturated heterocycles. The number of thiazole rings is 1. The first kappa shape index (κ1) is 6.71. The molecule has 0 aliphatic carbocycles. The molecule has 0 fully saturated rings. The predicted octanol–water partition coefficient (Wildman–Crippen LogP) is 2.08. The maximum atomic E-state index is 5.35. The Morgan fingerprint density at radius 1 is 1.89 bits per heavy atom. The van der Waals surface area contributed by atoms with Crippen molar-refractivity contribution in [1.29, 1.82) is 0 Å². The molecule has 0 bridgehead atoms. The van der Waals surface area contributed by atoms with E-state index in [1.54, 1.807) is 12.4 Å². The molecule has 0 N–H and O–H groups in total. The lowest BCUT2D eigenvalue weighted by Gasteiger charge is -1.77. The van der Waals surface area contributed by atoms with Crippen molar-refractivity contribution < 1.29 is 0 Å². The SMILES string of the molecule is ClC/C=N/c1nccs1. The first-order valence-electron chi connectivity index (χ1n) is 2.41. The Kier molecular flexibility index (Phi) is 2.67. The first-order chi connectivity index (χ1) is 4.43. The van der Waals surface area contributed by atoms with E-state index in [-0.39, 0.29) is 0 Å². The number of hydrogen-bond acceptors (Lipinski definition) is 3. The van der Waals surface area contributed by atoms with Gasteiger partial charge in [0.1, 0.15) is 0 Å². The number of aromatic nitrogens is 1. The molecule has 0 unspecified atom stereocenters. The summed E-state index contributed by atoms with van der Waals surface area (Å²) < 4.78 is 0. The molecular weight excluding hydrogens is 156 g/mol. The summed E-state index contributed by atoms with van der Waals surface area (Å²) in [5.41, 5.74) is 0. The summed E-state index contributed by atoms with van der Waals surface area (Å²) in [5.74, 6) is 0.444. The van der Waals surface area contributed by atoms with Crippen LogP contribution in [0.2, 0.25) is 0 Å². The van der Waals surface area contributed by atoms with Crippen LogP contribution in [0.3, 0.4) is 0 Å². The average molecular weight is 161 g/mol. The average Bonchev–Trinajstić information content (AvgIpc) is 2.34. The molecule has 0 aliphatic heterocycles. The summed E-state index contributed by atoms with van der Waals surface area (Å²) >= 11 is 6.84. The van der Waals surface area contributed by atoms with Crippen LogP contribution in [0.25, 0.3) is 0 Å². The fourth-order valence-corrected chi connectivity index (χ4v) is 0.962. The van der Waals surface area contributed by atoms with Gasteiger partial charge in [0.15, 0.2) is 0 Å². The quantitative estimate of drug-likeness (QED) is 0.481. The Morgan fingerprint density at radius 3 is 3.33 bits per heavy atom. The highest BCUT2D eigenvalue weighted by molar-refractivity contribution is 7.13. The van der Waals surface area contributed by atoms with E-state index in [0.717, 1.165) is 5.13 Å². The van der Waals surface area contributed by atoms with Crippen LogP contribution in [0.1, 0.15) is 0 Å². The molecule has 1 aromatic heterocycles. The summed E-state index contributed by atoms with van der Waals surface area (Å²) in [4.78, 5) is 7.85. The van der Waals surface area contributed by atoms with Crippen molar-refractivity contribution >= 4 is 34.3 Å². The zero-order valence-electron chi connectivity index (χ0n) is 4.62. The van der Waals surface area contributed by atoms with Gasteiger partial charge >= 0.3 is 0 Å². The number of aliphatic imine (C=N–C) groups is 1. The summed E-state index contributed by atoms with van der Waals surface area (Å²) in [6.07, 6.45) is 3.34. The second-order valence-electron chi connectivity index (χ2n) is 1.28. The van der Waals surface area contributed by atoms with Gasteiger partial charge in [-0.3, -0.25) is 0 Å². The molecule has 0 aliphatic rings. The minimum absolute atomic E-state index is 0.444. The number of rotatable bonds is 2. The van der Waals surface area contributed by atoms with E-state index < -0.39 is 0 Å². The van der Waals surface area contributed by atoms with Crippen LogP contribution in [0.15, 0.2) is 16.6 Å². The molecule has 1 aromatic rings. The van der Waals surface area contributed by atoms with Crippen molar-refractivity contribution in [2.45, 2.75) is 0 Å². The topological polar surface area (TPSA) is 25.2 Å². The van der Waals surface area contributed by atoms with Crippen molar-refractivity contribution in [2.75, 3.05) is 5.88 Å². The van der Waals surface area contributed by atoms with E-state index in [0.29, 0.717) is 5.88 Å². The fraction of sp³-hybridized carbons (Fsp3) is 0.200. The second kappa shape index (κ2) is 3.58. The van der Waals surface area contributed by atoms with Crippen molar-refractivity contribution in [3.05, 3.63) is 11.6 Å². The smallest absolute Gasteiger partial charge is 0.208 e. The monoisotopic (exact) mass is 160 g/mol. The molecule has 1 heterocycles. The van der Waals surface area contributed by atoms with Gasteiger partial charge in [-0.25, -0.2) is 9.98 Å². The lowest BCUT2D eigenvalue weighted by molar-refractivity contribution is 1.36. The van der Waals surface area contributed by atoms with Crippen LogP contribution in [-0.4, -0.2) is 17.1 Å². The van der Waals surface area contributed by atoms with Crippen LogP contribution in [0.5, 0.6) is 0 Å². The molecule has 0 radical (unpaired) electrons. The van der Waals surface area contributed by atoms with Crippen LogP contribution in [0.4, 0.5) is 5.13 Å². The Bertz CT molecular complexity index is 183. The lowest BCUT2D eigenvalue weighted by Crippen LogP contribution is -1.69. The standard InChI is InChI=1S/C5H5ClN2S/c6-1-2-7-5-8-3-4-9-5/h2-4H,1H2/b7-2+. The van der Waals surface area contributed by atoms with Gasteiger partial charge in [-0.1, -0.05) is 0 Å². The van der Waals surface area contributed by atoms with Crippen LogP contribution >= 0.6 is 22.9 Å². The molecule has 0 spiro atoms. The van der Waals surface area contributed by atoms with Crippen LogP contribution < -0.4 is 0 Å². The molecule has 1 rings (SSSR count). The number of hydrogen-bond donors (Lipinski definition) is 0. The van der Waals surface area contributed by atoms with Gasteiger partial charge in [0.2, 0.25) is 5.13 Å². The van der Waals surface area contributed by atoms with Gasteiger partial charge < -0.3 is 0 Å². The van der Waals surface area contributed by atoms with Crippen molar-refractivity contribution in [3.8, 4) is 0 Å². The maximum absolute atomic E-state index is 5.35. The third-order valence-electron chi connectivity index (χ3n) is 0.690. The molecule has 9 heavy (non-hydrogen) atoms. The zero-order chi connectivity index (χ0) is 6.53. The molecule has 0 atom stereocenters. The fourth-order valence-electron chi connectivity index (χ4n) is 0.392. The van der Waals surface area contributed by atoms with Crippen molar-refractivity contribution in [2.24, 2.45) is 4.99 Å².